The van der Waals surface area contributed by atoms with Crippen LogP contribution in [0, 0.1) is 0 Å². The van der Waals surface area contributed by atoms with Gasteiger partial charge in [0.1, 0.15) is 6.61 Å². The lowest BCUT2D eigenvalue weighted by atomic mass is 9.91. The minimum atomic E-state index is -0.789. The summed E-state index contributed by atoms with van der Waals surface area (Å²) in [7, 11) is 0. The van der Waals surface area contributed by atoms with Crippen molar-refractivity contribution in [3.8, 4) is 0 Å². The van der Waals surface area contributed by atoms with Crippen LogP contribution in [-0.4, -0.2) is 36.3 Å². The zero-order chi connectivity index (χ0) is 20.7. The Hall–Kier alpha value is -1.88. The Morgan fingerprint density at radius 2 is 1.64 bits per heavy atom. The Labute approximate surface area is 176 Å². The maximum Gasteiger partial charge on any atom is 0.228 e. The first kappa shape index (κ1) is 22.4. The van der Waals surface area contributed by atoms with Crippen molar-refractivity contribution < 1.29 is 14.3 Å². The van der Waals surface area contributed by atoms with Crippen LogP contribution < -0.4 is 0 Å². The van der Waals surface area contributed by atoms with E-state index in [9.17, 15) is 9.59 Å². The van der Waals surface area contributed by atoms with Crippen molar-refractivity contribution in [3.05, 3.63) is 69.7 Å². The lowest BCUT2D eigenvalue weighted by Gasteiger charge is -2.39. The molecule has 2 aromatic carbocycles. The van der Waals surface area contributed by atoms with Gasteiger partial charge in [-0.1, -0.05) is 53.5 Å². The smallest absolute Gasteiger partial charge is 0.228 e. The van der Waals surface area contributed by atoms with Crippen molar-refractivity contribution in [1.29, 1.82) is 0 Å². The van der Waals surface area contributed by atoms with Gasteiger partial charge in [0, 0.05) is 16.7 Å². The van der Waals surface area contributed by atoms with Gasteiger partial charge >= 0.3 is 0 Å². The van der Waals surface area contributed by atoms with Crippen molar-refractivity contribution in [3.63, 3.8) is 0 Å². The Kier molecular flexibility index (Phi) is 8.05. The lowest BCUT2D eigenvalue weighted by molar-refractivity contribution is -0.141. The van der Waals surface area contributed by atoms with Gasteiger partial charge in [0.15, 0.2) is 5.78 Å². The molecular weight excluding hydrogens is 397 g/mol. The molecule has 0 aliphatic carbocycles. The van der Waals surface area contributed by atoms with Gasteiger partial charge in [0.2, 0.25) is 5.91 Å². The summed E-state index contributed by atoms with van der Waals surface area (Å²) in [6.07, 6.45) is 0.195. The number of carbonyl (C=O) groups excluding carboxylic acids is 2. The number of Topliss-reactive ketones (excluding diaryl/α,β-unsaturated/α-hetero) is 1. The van der Waals surface area contributed by atoms with Gasteiger partial charge in [-0.2, -0.15) is 0 Å². The van der Waals surface area contributed by atoms with Gasteiger partial charge in [-0.05, 0) is 50.1 Å². The fourth-order valence-corrected chi connectivity index (χ4v) is 3.49. The van der Waals surface area contributed by atoms with E-state index in [4.69, 9.17) is 27.9 Å². The van der Waals surface area contributed by atoms with Crippen LogP contribution in [0.4, 0.5) is 0 Å². The summed E-state index contributed by atoms with van der Waals surface area (Å²) in [4.78, 5) is 27.2. The summed E-state index contributed by atoms with van der Waals surface area (Å²) in [6.45, 7) is 5.94. The normalized spacial score (nSPS) is 11.3. The van der Waals surface area contributed by atoms with Crippen LogP contribution in [0.3, 0.4) is 0 Å². The van der Waals surface area contributed by atoms with Gasteiger partial charge in [0.25, 0.3) is 0 Å². The van der Waals surface area contributed by atoms with Crippen LogP contribution in [0.15, 0.2) is 48.5 Å². The molecule has 2 rings (SSSR count). The summed E-state index contributed by atoms with van der Waals surface area (Å²) >= 11 is 12.3. The zero-order valence-corrected chi connectivity index (χ0v) is 17.9. The van der Waals surface area contributed by atoms with E-state index in [-0.39, 0.29) is 31.3 Å². The fourth-order valence-electron chi connectivity index (χ4n) is 2.96. The highest BCUT2D eigenvalue weighted by Gasteiger charge is 2.34. The fraction of sp³-hybridized carbons (Fsp3) is 0.364. The van der Waals surface area contributed by atoms with Crippen molar-refractivity contribution in [2.45, 2.75) is 32.7 Å². The molecule has 6 heteroatoms. The third-order valence-electron chi connectivity index (χ3n) is 4.54. The first-order valence-corrected chi connectivity index (χ1v) is 9.90. The zero-order valence-electron chi connectivity index (χ0n) is 16.4. The minimum Gasteiger partial charge on any atom is -0.374 e. The summed E-state index contributed by atoms with van der Waals surface area (Å²) in [5.74, 6) is -0.318. The SMILES string of the molecule is CCOCC(=O)CN(C(=O)Cc1ccccc1)C(C)(C)c1cc(Cl)cc(Cl)c1. The first-order chi connectivity index (χ1) is 13.2. The number of hydrogen-bond acceptors (Lipinski definition) is 3. The highest BCUT2D eigenvalue weighted by molar-refractivity contribution is 6.34. The van der Waals surface area contributed by atoms with Crippen LogP contribution in [0.2, 0.25) is 10.0 Å². The minimum absolute atomic E-state index is 0.0298. The van der Waals surface area contributed by atoms with Crippen LogP contribution in [0.1, 0.15) is 31.9 Å². The molecule has 0 saturated heterocycles. The largest absolute Gasteiger partial charge is 0.374 e. The van der Waals surface area contributed by atoms with Gasteiger partial charge in [0.05, 0.1) is 18.5 Å². The van der Waals surface area contributed by atoms with Crippen LogP contribution in [-0.2, 0) is 26.3 Å². The molecule has 0 saturated carbocycles. The standard InChI is InChI=1S/C22H25Cl2NO3/c1-4-28-15-20(26)14-25(21(27)10-16-8-6-5-7-9-16)22(2,3)17-11-18(23)13-19(24)12-17/h5-9,11-13H,4,10,14-15H2,1-3H3. The molecule has 0 fully saturated rings. The predicted molar refractivity (Wildman–Crippen MR) is 113 cm³/mol. The Morgan fingerprint density at radius 3 is 2.21 bits per heavy atom. The van der Waals surface area contributed by atoms with E-state index in [1.807, 2.05) is 51.1 Å². The van der Waals surface area contributed by atoms with Crippen LogP contribution in [0.5, 0.6) is 0 Å². The second-order valence-electron chi connectivity index (χ2n) is 7.04. The molecule has 0 heterocycles. The number of hydrogen-bond donors (Lipinski definition) is 0. The number of carbonyl (C=O) groups is 2. The molecule has 0 bridgehead atoms. The first-order valence-electron chi connectivity index (χ1n) is 9.14. The number of nitrogens with zero attached hydrogens (tertiary/aromatic N) is 1. The number of rotatable bonds is 9. The summed E-state index contributed by atoms with van der Waals surface area (Å²) in [6, 6.07) is 14.6. The van der Waals surface area contributed by atoms with Crippen molar-refractivity contribution >= 4 is 34.9 Å². The van der Waals surface area contributed by atoms with Crippen LogP contribution >= 0.6 is 23.2 Å². The van der Waals surface area contributed by atoms with E-state index in [0.29, 0.717) is 16.7 Å². The third kappa shape index (κ3) is 6.06. The predicted octanol–water partition coefficient (Wildman–Crippen LogP) is 4.91. The van der Waals surface area contributed by atoms with E-state index in [1.54, 1.807) is 23.1 Å². The van der Waals surface area contributed by atoms with E-state index in [0.717, 1.165) is 11.1 Å². The Bertz CT molecular complexity index is 802. The average Bonchev–Trinajstić information content (AvgIpc) is 2.64. The monoisotopic (exact) mass is 421 g/mol. The summed E-state index contributed by atoms with van der Waals surface area (Å²) < 4.78 is 5.22. The maximum atomic E-state index is 13.2. The molecular formula is C22H25Cl2NO3. The number of benzene rings is 2. The lowest BCUT2D eigenvalue weighted by Crippen LogP contribution is -2.49. The molecule has 0 aliphatic rings. The van der Waals surface area contributed by atoms with Gasteiger partial charge in [-0.25, -0.2) is 0 Å². The molecule has 4 nitrogen and oxygen atoms in total. The van der Waals surface area contributed by atoms with Gasteiger partial charge in [-0.3, -0.25) is 9.59 Å². The maximum absolute atomic E-state index is 13.2. The molecule has 0 spiro atoms. The Morgan fingerprint density at radius 1 is 1.04 bits per heavy atom. The van der Waals surface area contributed by atoms with E-state index >= 15 is 0 Å². The molecule has 150 valence electrons. The molecule has 2 aromatic rings. The third-order valence-corrected chi connectivity index (χ3v) is 4.98. The topological polar surface area (TPSA) is 46.6 Å². The number of ketones is 1. The Balaban J connectivity index is 2.35. The second-order valence-corrected chi connectivity index (χ2v) is 7.91. The molecule has 0 aromatic heterocycles. The summed E-state index contributed by atoms with van der Waals surface area (Å²) in [5.41, 5.74) is 0.854. The number of amides is 1. The summed E-state index contributed by atoms with van der Waals surface area (Å²) in [5, 5.41) is 0.957. The molecule has 0 radical (unpaired) electrons. The number of ether oxygens (including phenoxy) is 1. The molecule has 28 heavy (non-hydrogen) atoms. The van der Waals surface area contributed by atoms with Gasteiger partial charge < -0.3 is 9.64 Å². The van der Waals surface area contributed by atoms with E-state index < -0.39 is 5.54 Å². The quantitative estimate of drug-likeness (QED) is 0.577. The van der Waals surface area contributed by atoms with Crippen molar-refractivity contribution in [2.24, 2.45) is 0 Å². The molecule has 1 amide bonds. The highest BCUT2D eigenvalue weighted by atomic mass is 35.5. The van der Waals surface area contributed by atoms with Crippen LogP contribution in [0.25, 0.3) is 0 Å². The molecule has 0 unspecified atom stereocenters. The van der Waals surface area contributed by atoms with Crippen molar-refractivity contribution in [1.82, 2.24) is 4.90 Å². The molecule has 0 atom stereocenters. The second kappa shape index (κ2) is 10.1. The molecule has 0 N–H and O–H groups in total. The molecule has 0 aliphatic heterocycles. The van der Waals surface area contributed by atoms with E-state index in [1.165, 1.54) is 0 Å². The van der Waals surface area contributed by atoms with Crippen molar-refractivity contribution in [2.75, 3.05) is 19.8 Å². The van der Waals surface area contributed by atoms with Gasteiger partial charge in [-0.15, -0.1) is 0 Å². The highest BCUT2D eigenvalue weighted by Crippen LogP contribution is 2.32. The number of halogens is 2. The average molecular weight is 422 g/mol. The van der Waals surface area contributed by atoms with E-state index in [2.05, 4.69) is 0 Å².